The Bertz CT molecular complexity index is 459. The van der Waals surface area contributed by atoms with E-state index < -0.39 is 5.97 Å². The van der Waals surface area contributed by atoms with Gasteiger partial charge in [0, 0.05) is 7.11 Å². The molecule has 1 aromatic heterocycles. The van der Waals surface area contributed by atoms with Crippen molar-refractivity contribution in [3.8, 4) is 0 Å². The van der Waals surface area contributed by atoms with Crippen molar-refractivity contribution in [3.63, 3.8) is 0 Å². The van der Waals surface area contributed by atoms with E-state index in [9.17, 15) is 4.79 Å². The number of rotatable bonds is 5. The number of hydrogen-bond donors (Lipinski definition) is 0. The minimum atomic E-state index is -0.404. The van der Waals surface area contributed by atoms with Gasteiger partial charge in [0.1, 0.15) is 0 Å². The zero-order valence-corrected chi connectivity index (χ0v) is 12.5. The van der Waals surface area contributed by atoms with E-state index in [1.807, 2.05) is 4.68 Å². The van der Waals surface area contributed by atoms with Gasteiger partial charge >= 0.3 is 5.97 Å². The average Bonchev–Trinajstić information content (AvgIpc) is 2.90. The van der Waals surface area contributed by atoms with E-state index in [4.69, 9.17) is 9.47 Å². The summed E-state index contributed by atoms with van der Waals surface area (Å²) in [6, 6.07) is 0.265. The quantitative estimate of drug-likeness (QED) is 0.774. The largest absolute Gasteiger partial charge is 0.464 e. The second-order valence-corrected chi connectivity index (χ2v) is 5.25. The van der Waals surface area contributed by atoms with E-state index in [1.54, 1.807) is 7.11 Å². The first-order valence-corrected chi connectivity index (χ1v) is 7.26. The predicted molar refractivity (Wildman–Crippen MR) is 73.7 cm³/mol. The summed E-state index contributed by atoms with van der Waals surface area (Å²) in [6.45, 7) is 2.08. The van der Waals surface area contributed by atoms with Crippen LogP contribution in [0.5, 0.6) is 0 Å². The number of aromatic nitrogens is 3. The van der Waals surface area contributed by atoms with Gasteiger partial charge in [-0.05, 0) is 32.1 Å². The van der Waals surface area contributed by atoms with Crippen LogP contribution in [0.15, 0.2) is 0 Å². The minimum absolute atomic E-state index is 0.265. The Morgan fingerprint density at radius 1 is 1.40 bits per heavy atom. The summed E-state index contributed by atoms with van der Waals surface area (Å²) >= 11 is 0. The van der Waals surface area contributed by atoms with Gasteiger partial charge in [-0.2, -0.15) is 0 Å². The molecule has 0 N–H and O–H groups in total. The van der Waals surface area contributed by atoms with Crippen LogP contribution in [0.1, 0.15) is 61.3 Å². The Hall–Kier alpha value is -1.43. The summed E-state index contributed by atoms with van der Waals surface area (Å²) in [4.78, 5) is 11.8. The van der Waals surface area contributed by atoms with Gasteiger partial charge in [-0.25, -0.2) is 9.48 Å². The SMILES string of the molecule is CCCc1c(C(=O)OC)nnn1C1CCCC(OC)C1. The third-order valence-corrected chi connectivity index (χ3v) is 3.93. The lowest BCUT2D eigenvalue weighted by atomic mass is 9.92. The highest BCUT2D eigenvalue weighted by atomic mass is 16.5. The second-order valence-electron chi connectivity index (χ2n) is 5.25. The predicted octanol–water partition coefficient (Wildman–Crippen LogP) is 2.15. The monoisotopic (exact) mass is 281 g/mol. The zero-order valence-electron chi connectivity index (χ0n) is 12.5. The molecule has 1 aromatic rings. The lowest BCUT2D eigenvalue weighted by Gasteiger charge is -2.29. The fraction of sp³-hybridized carbons (Fsp3) is 0.786. The number of carbonyl (C=O) groups is 1. The van der Waals surface area contributed by atoms with Crippen LogP contribution >= 0.6 is 0 Å². The Morgan fingerprint density at radius 2 is 2.20 bits per heavy atom. The summed E-state index contributed by atoms with van der Waals surface area (Å²) in [7, 11) is 3.12. The third kappa shape index (κ3) is 3.00. The van der Waals surface area contributed by atoms with Crippen LogP contribution in [0.25, 0.3) is 0 Å². The van der Waals surface area contributed by atoms with Gasteiger partial charge in [0.05, 0.1) is 24.9 Å². The molecular formula is C14H23N3O3. The van der Waals surface area contributed by atoms with Crippen molar-refractivity contribution in [2.75, 3.05) is 14.2 Å². The van der Waals surface area contributed by atoms with Gasteiger partial charge in [-0.3, -0.25) is 0 Å². The summed E-state index contributed by atoms with van der Waals surface area (Å²) in [6.07, 6.45) is 6.19. The van der Waals surface area contributed by atoms with Crippen molar-refractivity contribution in [2.24, 2.45) is 0 Å². The highest BCUT2D eigenvalue weighted by Crippen LogP contribution is 2.31. The molecular weight excluding hydrogens is 258 g/mol. The molecule has 2 unspecified atom stereocenters. The summed E-state index contributed by atoms with van der Waals surface area (Å²) < 4.78 is 12.2. The van der Waals surface area contributed by atoms with E-state index in [0.29, 0.717) is 5.69 Å². The van der Waals surface area contributed by atoms with Gasteiger partial charge in [0.15, 0.2) is 5.69 Å². The van der Waals surface area contributed by atoms with E-state index in [2.05, 4.69) is 17.2 Å². The molecule has 1 heterocycles. The Balaban J connectivity index is 2.26. The van der Waals surface area contributed by atoms with Gasteiger partial charge in [0.25, 0.3) is 0 Å². The number of carbonyl (C=O) groups excluding carboxylic acids is 1. The average molecular weight is 281 g/mol. The fourth-order valence-electron chi connectivity index (χ4n) is 2.89. The first-order chi connectivity index (χ1) is 9.71. The Morgan fingerprint density at radius 3 is 2.85 bits per heavy atom. The molecule has 1 aliphatic rings. The first-order valence-electron chi connectivity index (χ1n) is 7.26. The molecule has 6 heteroatoms. The number of esters is 1. The van der Waals surface area contributed by atoms with Crippen molar-refractivity contribution in [2.45, 2.75) is 57.6 Å². The maximum atomic E-state index is 11.8. The zero-order chi connectivity index (χ0) is 14.5. The van der Waals surface area contributed by atoms with Crippen LogP contribution in [0.2, 0.25) is 0 Å². The van der Waals surface area contributed by atoms with E-state index in [-0.39, 0.29) is 12.1 Å². The molecule has 20 heavy (non-hydrogen) atoms. The molecule has 1 saturated carbocycles. The molecule has 2 rings (SSSR count). The lowest BCUT2D eigenvalue weighted by molar-refractivity contribution is 0.0498. The van der Waals surface area contributed by atoms with Crippen LogP contribution in [0, 0.1) is 0 Å². The number of methoxy groups -OCH3 is 2. The lowest BCUT2D eigenvalue weighted by Crippen LogP contribution is -2.26. The number of hydrogen-bond acceptors (Lipinski definition) is 5. The molecule has 0 aliphatic heterocycles. The van der Waals surface area contributed by atoms with Crippen molar-refractivity contribution >= 4 is 5.97 Å². The molecule has 0 bridgehead atoms. The van der Waals surface area contributed by atoms with E-state index in [1.165, 1.54) is 7.11 Å². The fourth-order valence-corrected chi connectivity index (χ4v) is 2.89. The highest BCUT2D eigenvalue weighted by molar-refractivity contribution is 5.88. The molecule has 112 valence electrons. The van der Waals surface area contributed by atoms with Crippen molar-refractivity contribution in [3.05, 3.63) is 11.4 Å². The maximum absolute atomic E-state index is 11.8. The molecule has 1 aliphatic carbocycles. The molecule has 0 amide bonds. The van der Waals surface area contributed by atoms with E-state index >= 15 is 0 Å². The van der Waals surface area contributed by atoms with Crippen LogP contribution in [-0.4, -0.2) is 41.3 Å². The topological polar surface area (TPSA) is 66.2 Å². The van der Waals surface area contributed by atoms with Crippen LogP contribution < -0.4 is 0 Å². The van der Waals surface area contributed by atoms with E-state index in [0.717, 1.165) is 44.2 Å². The molecule has 6 nitrogen and oxygen atoms in total. The van der Waals surface area contributed by atoms with Crippen molar-refractivity contribution in [1.29, 1.82) is 0 Å². The molecule has 2 atom stereocenters. The van der Waals surface area contributed by atoms with Crippen molar-refractivity contribution < 1.29 is 14.3 Å². The summed E-state index contributed by atoms with van der Waals surface area (Å²) in [5, 5.41) is 8.24. The first kappa shape index (κ1) is 15.0. The number of nitrogens with zero attached hydrogens (tertiary/aromatic N) is 3. The highest BCUT2D eigenvalue weighted by Gasteiger charge is 2.28. The molecule has 0 saturated heterocycles. The smallest absolute Gasteiger partial charge is 0.360 e. The Kier molecular flexibility index (Phi) is 5.11. The molecule has 1 fully saturated rings. The maximum Gasteiger partial charge on any atom is 0.360 e. The minimum Gasteiger partial charge on any atom is -0.464 e. The molecule has 0 aromatic carbocycles. The van der Waals surface area contributed by atoms with Gasteiger partial charge < -0.3 is 9.47 Å². The van der Waals surface area contributed by atoms with Crippen LogP contribution in [-0.2, 0) is 15.9 Å². The third-order valence-electron chi connectivity index (χ3n) is 3.93. The van der Waals surface area contributed by atoms with Crippen LogP contribution in [0.3, 0.4) is 0 Å². The second kappa shape index (κ2) is 6.83. The summed E-state index contributed by atoms with van der Waals surface area (Å²) in [5.74, 6) is -0.404. The van der Waals surface area contributed by atoms with Gasteiger partial charge in [-0.15, -0.1) is 5.10 Å². The van der Waals surface area contributed by atoms with Gasteiger partial charge in [-0.1, -0.05) is 18.6 Å². The molecule has 0 radical (unpaired) electrons. The Labute approximate surface area is 119 Å². The standard InChI is InChI=1S/C14H23N3O3/c1-4-6-12-13(14(18)20-3)15-16-17(12)10-7-5-8-11(9-10)19-2/h10-11H,4-9H2,1-3H3. The normalized spacial score (nSPS) is 22.8. The van der Waals surface area contributed by atoms with Crippen LogP contribution in [0.4, 0.5) is 0 Å². The molecule has 0 spiro atoms. The van der Waals surface area contributed by atoms with Crippen molar-refractivity contribution in [1.82, 2.24) is 15.0 Å². The number of ether oxygens (including phenoxy) is 2. The summed E-state index contributed by atoms with van der Waals surface area (Å²) in [5.41, 5.74) is 1.25. The van der Waals surface area contributed by atoms with Gasteiger partial charge in [0.2, 0.25) is 0 Å².